The van der Waals surface area contributed by atoms with E-state index in [9.17, 15) is 13.2 Å². The van der Waals surface area contributed by atoms with Crippen LogP contribution in [0.3, 0.4) is 0 Å². The third-order valence-electron chi connectivity index (χ3n) is 4.80. The number of benzene rings is 1. The minimum atomic E-state index is -3.32. The molecular formula is C20H30N2O3S. The van der Waals surface area contributed by atoms with Gasteiger partial charge in [-0.05, 0) is 44.6 Å². The second kappa shape index (κ2) is 9.88. The number of hydrogen-bond acceptors (Lipinski definition) is 3. The van der Waals surface area contributed by atoms with Crippen LogP contribution in [0.25, 0.3) is 0 Å². The summed E-state index contributed by atoms with van der Waals surface area (Å²) in [5.41, 5.74) is 2.37. The van der Waals surface area contributed by atoms with Gasteiger partial charge in [-0.1, -0.05) is 42.0 Å². The van der Waals surface area contributed by atoms with Gasteiger partial charge in [-0.15, -0.1) is 0 Å². The standard InChI is InChI=1S/C20H30N2O3S/c1-17(19-11-7-4-8-12-19)21-20(23)14-16-22(26(2,24)25)15-13-18-9-5-3-6-10-18/h4,7-9,11-12,17H,3,5-6,10,13-16H2,1-2H3,(H,21,23). The quantitative estimate of drug-likeness (QED) is 0.670. The molecule has 0 heterocycles. The van der Waals surface area contributed by atoms with Gasteiger partial charge in [0.25, 0.3) is 0 Å². The van der Waals surface area contributed by atoms with Gasteiger partial charge in [0.05, 0.1) is 12.3 Å². The van der Waals surface area contributed by atoms with Crippen molar-refractivity contribution >= 4 is 15.9 Å². The first kappa shape index (κ1) is 20.6. The molecule has 1 unspecified atom stereocenters. The molecule has 1 aromatic rings. The zero-order chi connectivity index (χ0) is 19.0. The molecule has 0 saturated carbocycles. The number of hydrogen-bond donors (Lipinski definition) is 1. The smallest absolute Gasteiger partial charge is 0.221 e. The van der Waals surface area contributed by atoms with Gasteiger partial charge < -0.3 is 5.32 Å². The molecule has 0 radical (unpaired) electrons. The monoisotopic (exact) mass is 378 g/mol. The van der Waals surface area contributed by atoms with Crippen molar-refractivity contribution in [1.82, 2.24) is 9.62 Å². The number of carbonyl (C=O) groups is 1. The van der Waals surface area contributed by atoms with Crippen molar-refractivity contribution in [2.24, 2.45) is 0 Å². The number of amides is 1. The minimum Gasteiger partial charge on any atom is -0.350 e. The molecule has 0 saturated heterocycles. The fraction of sp³-hybridized carbons (Fsp3) is 0.550. The Bertz CT molecular complexity index is 714. The van der Waals surface area contributed by atoms with Gasteiger partial charge in [0.1, 0.15) is 0 Å². The van der Waals surface area contributed by atoms with Gasteiger partial charge >= 0.3 is 0 Å². The maximum atomic E-state index is 12.2. The lowest BCUT2D eigenvalue weighted by atomic mass is 9.97. The van der Waals surface area contributed by atoms with Crippen LogP contribution in [0.4, 0.5) is 0 Å². The Morgan fingerprint density at radius 1 is 1.19 bits per heavy atom. The molecule has 144 valence electrons. The molecule has 1 N–H and O–H groups in total. The molecule has 0 spiro atoms. The van der Waals surface area contributed by atoms with E-state index < -0.39 is 10.0 Å². The largest absolute Gasteiger partial charge is 0.350 e. The van der Waals surface area contributed by atoms with Crippen molar-refractivity contribution in [3.8, 4) is 0 Å². The number of rotatable bonds is 9. The summed E-state index contributed by atoms with van der Waals surface area (Å²) in [6.07, 6.45) is 8.94. The van der Waals surface area contributed by atoms with Gasteiger partial charge in [-0.25, -0.2) is 12.7 Å². The number of allylic oxidation sites excluding steroid dienone is 1. The second-order valence-corrected chi connectivity index (χ2v) is 8.95. The third kappa shape index (κ3) is 6.92. The fourth-order valence-electron chi connectivity index (χ4n) is 3.21. The van der Waals surface area contributed by atoms with E-state index in [0.29, 0.717) is 6.54 Å². The zero-order valence-corrected chi connectivity index (χ0v) is 16.6. The molecule has 0 aliphatic heterocycles. The summed E-state index contributed by atoms with van der Waals surface area (Å²) in [7, 11) is -3.32. The first-order valence-electron chi connectivity index (χ1n) is 9.33. The van der Waals surface area contributed by atoms with Gasteiger partial charge in [0.15, 0.2) is 0 Å². The third-order valence-corrected chi connectivity index (χ3v) is 6.10. The minimum absolute atomic E-state index is 0.0946. The Labute approximate surface area is 157 Å². The second-order valence-electron chi connectivity index (χ2n) is 6.97. The Morgan fingerprint density at radius 2 is 1.92 bits per heavy atom. The summed E-state index contributed by atoms with van der Waals surface area (Å²) in [6.45, 7) is 2.60. The van der Waals surface area contributed by atoms with Crippen LogP contribution in [0.15, 0.2) is 42.0 Å². The normalized spacial score (nSPS) is 16.2. The van der Waals surface area contributed by atoms with Crippen molar-refractivity contribution in [2.45, 2.75) is 51.5 Å². The molecule has 1 amide bonds. The van der Waals surface area contributed by atoms with Crippen molar-refractivity contribution in [3.63, 3.8) is 0 Å². The Morgan fingerprint density at radius 3 is 2.54 bits per heavy atom. The summed E-state index contributed by atoms with van der Waals surface area (Å²) < 4.78 is 25.5. The maximum Gasteiger partial charge on any atom is 0.221 e. The van der Waals surface area contributed by atoms with Crippen LogP contribution in [0.2, 0.25) is 0 Å². The van der Waals surface area contributed by atoms with Crippen molar-refractivity contribution in [2.75, 3.05) is 19.3 Å². The highest BCUT2D eigenvalue weighted by atomic mass is 32.2. The van der Waals surface area contributed by atoms with E-state index >= 15 is 0 Å². The molecule has 1 aliphatic rings. The van der Waals surface area contributed by atoms with Gasteiger partial charge in [0.2, 0.25) is 15.9 Å². The Kier molecular flexibility index (Phi) is 7.85. The Hall–Kier alpha value is -1.66. The summed E-state index contributed by atoms with van der Waals surface area (Å²) in [5, 5.41) is 2.94. The van der Waals surface area contributed by atoms with Crippen molar-refractivity contribution in [3.05, 3.63) is 47.5 Å². The van der Waals surface area contributed by atoms with E-state index in [-0.39, 0.29) is 24.9 Å². The predicted octanol–water partition coefficient (Wildman–Crippen LogP) is 3.41. The van der Waals surface area contributed by atoms with E-state index in [1.54, 1.807) is 0 Å². The zero-order valence-electron chi connectivity index (χ0n) is 15.8. The molecule has 0 aromatic heterocycles. The van der Waals surface area contributed by atoms with Crippen molar-refractivity contribution in [1.29, 1.82) is 0 Å². The number of carbonyl (C=O) groups excluding carboxylic acids is 1. The van der Waals surface area contributed by atoms with Crippen LogP contribution in [0.5, 0.6) is 0 Å². The van der Waals surface area contributed by atoms with Crippen LogP contribution in [0.1, 0.15) is 57.1 Å². The first-order valence-corrected chi connectivity index (χ1v) is 11.2. The number of sulfonamides is 1. The highest BCUT2D eigenvalue weighted by Gasteiger charge is 2.19. The number of nitrogens with zero attached hydrogens (tertiary/aromatic N) is 1. The van der Waals surface area contributed by atoms with E-state index in [0.717, 1.165) is 24.8 Å². The maximum absolute atomic E-state index is 12.2. The van der Waals surface area contributed by atoms with Gasteiger partial charge in [-0.2, -0.15) is 0 Å². The molecule has 2 rings (SSSR count). The van der Waals surface area contributed by atoms with Crippen LogP contribution in [-0.2, 0) is 14.8 Å². The van der Waals surface area contributed by atoms with Crippen LogP contribution >= 0.6 is 0 Å². The predicted molar refractivity (Wildman–Crippen MR) is 105 cm³/mol. The van der Waals surface area contributed by atoms with Crippen molar-refractivity contribution < 1.29 is 13.2 Å². The highest BCUT2D eigenvalue weighted by Crippen LogP contribution is 2.21. The average Bonchev–Trinajstić information content (AvgIpc) is 2.62. The topological polar surface area (TPSA) is 66.5 Å². The molecule has 1 atom stereocenters. The van der Waals surface area contributed by atoms with E-state index in [1.165, 1.54) is 29.0 Å². The lowest BCUT2D eigenvalue weighted by Gasteiger charge is -2.22. The van der Waals surface area contributed by atoms with Crippen LogP contribution in [-0.4, -0.2) is 38.0 Å². The summed E-state index contributed by atoms with van der Waals surface area (Å²) in [6, 6.07) is 9.64. The summed E-state index contributed by atoms with van der Waals surface area (Å²) in [4.78, 5) is 12.2. The lowest BCUT2D eigenvalue weighted by molar-refractivity contribution is -0.121. The lowest BCUT2D eigenvalue weighted by Crippen LogP contribution is -2.36. The van der Waals surface area contributed by atoms with E-state index in [2.05, 4.69) is 11.4 Å². The van der Waals surface area contributed by atoms with Crippen LogP contribution in [0, 0.1) is 0 Å². The molecule has 1 aliphatic carbocycles. The molecule has 26 heavy (non-hydrogen) atoms. The average molecular weight is 379 g/mol. The first-order chi connectivity index (χ1) is 12.4. The summed E-state index contributed by atoms with van der Waals surface area (Å²) in [5.74, 6) is -0.133. The SMILES string of the molecule is CC(NC(=O)CCN(CCC1=CCCCC1)S(C)(=O)=O)c1ccccc1. The molecule has 1 aromatic carbocycles. The molecule has 0 fully saturated rings. The highest BCUT2D eigenvalue weighted by molar-refractivity contribution is 7.88. The summed E-state index contributed by atoms with van der Waals surface area (Å²) >= 11 is 0. The number of nitrogens with one attached hydrogen (secondary N) is 1. The fourth-order valence-corrected chi connectivity index (χ4v) is 4.05. The van der Waals surface area contributed by atoms with Crippen LogP contribution < -0.4 is 5.32 Å². The van der Waals surface area contributed by atoms with E-state index in [4.69, 9.17) is 0 Å². The van der Waals surface area contributed by atoms with E-state index in [1.807, 2.05) is 37.3 Å². The molecule has 6 heteroatoms. The molecule has 5 nitrogen and oxygen atoms in total. The van der Waals surface area contributed by atoms with Gasteiger partial charge in [-0.3, -0.25) is 4.79 Å². The molecular weight excluding hydrogens is 348 g/mol. The van der Waals surface area contributed by atoms with Gasteiger partial charge in [0, 0.05) is 19.5 Å². The molecule has 0 bridgehead atoms. The Balaban J connectivity index is 1.84.